The Morgan fingerprint density at radius 2 is 2.29 bits per heavy atom. The minimum absolute atomic E-state index is 0.491. The van der Waals surface area contributed by atoms with Gasteiger partial charge in [0.2, 0.25) is 0 Å². The zero-order valence-electron chi connectivity index (χ0n) is 12.8. The number of aromatic nitrogens is 1. The number of ether oxygens (including phenoxy) is 1. The molecule has 3 heteroatoms. The maximum absolute atomic E-state index is 5.32. The van der Waals surface area contributed by atoms with Crippen LogP contribution in [0.3, 0.4) is 0 Å². The second kappa shape index (κ2) is 8.39. The zero-order valence-corrected chi connectivity index (χ0v) is 12.8. The molecular weight excluding hydrogens is 260 g/mol. The van der Waals surface area contributed by atoms with Crippen LogP contribution in [0.1, 0.15) is 30.9 Å². The SMILES string of the molecule is C/C(C=NCC#CC1CCOCC1)=C\c1ccncc1C. The molecule has 1 aliphatic heterocycles. The van der Waals surface area contributed by atoms with Gasteiger partial charge in [-0.05, 0) is 49.5 Å². The summed E-state index contributed by atoms with van der Waals surface area (Å²) >= 11 is 0. The highest BCUT2D eigenvalue weighted by Crippen LogP contribution is 2.12. The molecule has 0 N–H and O–H groups in total. The molecule has 110 valence electrons. The molecule has 0 saturated carbocycles. The van der Waals surface area contributed by atoms with E-state index >= 15 is 0 Å². The monoisotopic (exact) mass is 282 g/mol. The minimum Gasteiger partial charge on any atom is -0.381 e. The lowest BCUT2D eigenvalue weighted by Gasteiger charge is -2.16. The van der Waals surface area contributed by atoms with Gasteiger partial charge in [0, 0.05) is 37.7 Å². The van der Waals surface area contributed by atoms with Gasteiger partial charge in [0.05, 0.1) is 6.54 Å². The van der Waals surface area contributed by atoms with Gasteiger partial charge in [-0.2, -0.15) is 0 Å². The first-order chi connectivity index (χ1) is 10.3. The van der Waals surface area contributed by atoms with Crippen molar-refractivity contribution in [3.05, 3.63) is 35.2 Å². The van der Waals surface area contributed by atoms with Crippen molar-refractivity contribution in [3.63, 3.8) is 0 Å². The third-order valence-corrected chi connectivity index (χ3v) is 3.44. The molecule has 0 spiro atoms. The molecule has 1 aromatic heterocycles. The van der Waals surface area contributed by atoms with E-state index in [4.69, 9.17) is 4.74 Å². The summed E-state index contributed by atoms with van der Waals surface area (Å²) in [5, 5.41) is 0. The predicted molar refractivity (Wildman–Crippen MR) is 87.3 cm³/mol. The Bertz CT molecular complexity index is 572. The van der Waals surface area contributed by atoms with Crippen molar-refractivity contribution in [2.45, 2.75) is 26.7 Å². The van der Waals surface area contributed by atoms with E-state index in [1.54, 1.807) is 0 Å². The highest BCUT2D eigenvalue weighted by atomic mass is 16.5. The van der Waals surface area contributed by atoms with Crippen LogP contribution in [-0.2, 0) is 4.74 Å². The molecule has 0 unspecified atom stereocenters. The van der Waals surface area contributed by atoms with Gasteiger partial charge in [-0.1, -0.05) is 17.9 Å². The van der Waals surface area contributed by atoms with E-state index in [2.05, 4.69) is 41.7 Å². The van der Waals surface area contributed by atoms with Crippen molar-refractivity contribution >= 4 is 12.3 Å². The van der Waals surface area contributed by atoms with Gasteiger partial charge in [0.25, 0.3) is 0 Å². The first kappa shape index (κ1) is 15.5. The van der Waals surface area contributed by atoms with Crippen molar-refractivity contribution < 1.29 is 4.74 Å². The summed E-state index contributed by atoms with van der Waals surface area (Å²) in [6.07, 6.45) is 9.79. The fourth-order valence-electron chi connectivity index (χ4n) is 2.20. The number of allylic oxidation sites excluding steroid dienone is 1. The largest absolute Gasteiger partial charge is 0.381 e. The molecule has 3 nitrogen and oxygen atoms in total. The standard InChI is InChI=1S/C18H22N2O/c1-15(12-18-5-9-20-14-16(18)2)13-19-8-3-4-17-6-10-21-11-7-17/h5,9,12-14,17H,6-8,10-11H2,1-2H3/b15-12+,19-13?. The highest BCUT2D eigenvalue weighted by Gasteiger charge is 2.09. The Morgan fingerprint density at radius 3 is 3.05 bits per heavy atom. The van der Waals surface area contributed by atoms with Crippen LogP contribution in [0, 0.1) is 24.7 Å². The normalized spacial score (nSPS) is 16.8. The first-order valence-electron chi connectivity index (χ1n) is 7.40. The van der Waals surface area contributed by atoms with Crippen molar-refractivity contribution in [1.29, 1.82) is 0 Å². The van der Waals surface area contributed by atoms with E-state index < -0.39 is 0 Å². The third-order valence-electron chi connectivity index (χ3n) is 3.44. The van der Waals surface area contributed by atoms with Crippen molar-refractivity contribution in [1.82, 2.24) is 4.98 Å². The molecule has 0 aliphatic carbocycles. The van der Waals surface area contributed by atoms with E-state index in [0.717, 1.165) is 31.6 Å². The summed E-state index contributed by atoms with van der Waals surface area (Å²) in [5.74, 6) is 6.92. The van der Waals surface area contributed by atoms with Crippen LogP contribution in [0.2, 0.25) is 0 Å². The van der Waals surface area contributed by atoms with Crippen LogP contribution in [0.15, 0.2) is 29.0 Å². The molecule has 1 fully saturated rings. The predicted octanol–water partition coefficient (Wildman–Crippen LogP) is 3.29. The van der Waals surface area contributed by atoms with Crippen LogP contribution in [0.4, 0.5) is 0 Å². The Labute approximate surface area is 127 Å². The summed E-state index contributed by atoms with van der Waals surface area (Å²) < 4.78 is 5.32. The number of aryl methyl sites for hydroxylation is 1. The molecule has 0 radical (unpaired) electrons. The molecule has 0 aromatic carbocycles. The summed E-state index contributed by atoms with van der Waals surface area (Å²) in [4.78, 5) is 8.46. The average molecular weight is 282 g/mol. The molecule has 1 aromatic rings. The van der Waals surface area contributed by atoms with E-state index in [1.165, 1.54) is 11.1 Å². The van der Waals surface area contributed by atoms with Crippen molar-refractivity contribution in [2.75, 3.05) is 19.8 Å². The fraction of sp³-hybridized carbons (Fsp3) is 0.444. The molecule has 21 heavy (non-hydrogen) atoms. The van der Waals surface area contributed by atoms with Gasteiger partial charge in [0.15, 0.2) is 0 Å². The van der Waals surface area contributed by atoms with E-state index in [9.17, 15) is 0 Å². The van der Waals surface area contributed by atoms with Gasteiger partial charge >= 0.3 is 0 Å². The summed E-state index contributed by atoms with van der Waals surface area (Å²) in [6, 6.07) is 2.01. The third kappa shape index (κ3) is 5.53. The van der Waals surface area contributed by atoms with E-state index in [-0.39, 0.29) is 0 Å². The molecule has 0 bridgehead atoms. The lowest BCUT2D eigenvalue weighted by Crippen LogP contribution is -2.13. The fourth-order valence-corrected chi connectivity index (χ4v) is 2.20. The Kier molecular flexibility index (Phi) is 6.18. The zero-order chi connectivity index (χ0) is 14.9. The number of hydrogen-bond acceptors (Lipinski definition) is 3. The number of hydrogen-bond donors (Lipinski definition) is 0. The number of nitrogens with zero attached hydrogens (tertiary/aromatic N) is 2. The second-order valence-corrected chi connectivity index (χ2v) is 5.30. The van der Waals surface area contributed by atoms with Gasteiger partial charge in [0.1, 0.15) is 0 Å². The maximum Gasteiger partial charge on any atom is 0.0997 e. The van der Waals surface area contributed by atoms with Crippen LogP contribution in [-0.4, -0.2) is 31.0 Å². The lowest BCUT2D eigenvalue weighted by molar-refractivity contribution is 0.0807. The number of aliphatic imine (C=N–C) groups is 1. The molecule has 0 amide bonds. The van der Waals surface area contributed by atoms with Gasteiger partial charge in [-0.25, -0.2) is 0 Å². The Balaban J connectivity index is 1.83. The molecule has 2 heterocycles. The lowest BCUT2D eigenvalue weighted by atomic mass is 10.0. The van der Waals surface area contributed by atoms with Crippen LogP contribution in [0.5, 0.6) is 0 Å². The average Bonchev–Trinajstić information content (AvgIpc) is 2.50. The summed E-state index contributed by atoms with van der Waals surface area (Å²) in [6.45, 7) is 6.36. The molecule has 0 atom stereocenters. The molecular formula is C18H22N2O. The topological polar surface area (TPSA) is 34.5 Å². The minimum atomic E-state index is 0.491. The summed E-state index contributed by atoms with van der Waals surface area (Å²) in [5.41, 5.74) is 3.48. The summed E-state index contributed by atoms with van der Waals surface area (Å²) in [7, 11) is 0. The first-order valence-corrected chi connectivity index (χ1v) is 7.40. The quantitative estimate of drug-likeness (QED) is 0.630. The van der Waals surface area contributed by atoms with Crippen LogP contribution < -0.4 is 0 Å². The second-order valence-electron chi connectivity index (χ2n) is 5.30. The van der Waals surface area contributed by atoms with Gasteiger partial charge < -0.3 is 4.74 Å². The van der Waals surface area contributed by atoms with E-state index in [1.807, 2.05) is 24.7 Å². The van der Waals surface area contributed by atoms with Crippen molar-refractivity contribution in [2.24, 2.45) is 10.9 Å². The number of rotatable bonds is 3. The highest BCUT2D eigenvalue weighted by molar-refractivity contribution is 5.85. The number of pyridine rings is 1. The van der Waals surface area contributed by atoms with Gasteiger partial charge in [-0.15, -0.1) is 0 Å². The molecule has 1 aliphatic rings. The van der Waals surface area contributed by atoms with E-state index in [0.29, 0.717) is 12.5 Å². The smallest absolute Gasteiger partial charge is 0.0997 e. The maximum atomic E-state index is 5.32. The van der Waals surface area contributed by atoms with Crippen molar-refractivity contribution in [3.8, 4) is 11.8 Å². The van der Waals surface area contributed by atoms with Crippen LogP contribution in [0.25, 0.3) is 6.08 Å². The molecule has 2 rings (SSSR count). The van der Waals surface area contributed by atoms with Gasteiger partial charge in [-0.3, -0.25) is 9.98 Å². The molecule has 1 saturated heterocycles. The van der Waals surface area contributed by atoms with Crippen LogP contribution >= 0.6 is 0 Å². The Morgan fingerprint density at radius 1 is 1.48 bits per heavy atom. The Hall–Kier alpha value is -1.92.